The molecular formula is C21H20O4. The van der Waals surface area contributed by atoms with E-state index in [4.69, 9.17) is 9.15 Å². The molecule has 0 bridgehead atoms. The van der Waals surface area contributed by atoms with E-state index in [2.05, 4.69) is 0 Å². The topological polar surface area (TPSA) is 56.5 Å². The van der Waals surface area contributed by atoms with Gasteiger partial charge in [-0.25, -0.2) is 4.79 Å². The second-order valence-electron chi connectivity index (χ2n) is 6.02. The molecule has 0 unspecified atom stereocenters. The van der Waals surface area contributed by atoms with Gasteiger partial charge in [0.2, 0.25) is 0 Å². The number of fused-ring (bicyclic) bond motifs is 1. The van der Waals surface area contributed by atoms with Crippen LogP contribution in [0.3, 0.4) is 0 Å². The lowest BCUT2D eigenvalue weighted by atomic mass is 9.93. The predicted octanol–water partition coefficient (Wildman–Crippen LogP) is 4.18. The zero-order valence-electron chi connectivity index (χ0n) is 14.6. The van der Waals surface area contributed by atoms with E-state index in [1.807, 2.05) is 56.3 Å². The molecule has 4 heteroatoms. The largest absolute Gasteiger partial charge is 0.466 e. The van der Waals surface area contributed by atoms with E-state index in [9.17, 15) is 9.59 Å². The van der Waals surface area contributed by atoms with E-state index < -0.39 is 11.6 Å². The summed E-state index contributed by atoms with van der Waals surface area (Å²) >= 11 is 0. The van der Waals surface area contributed by atoms with Crippen LogP contribution in [0.5, 0.6) is 0 Å². The first kappa shape index (κ1) is 17.0. The van der Waals surface area contributed by atoms with Crippen LogP contribution in [0.25, 0.3) is 22.1 Å². The summed E-state index contributed by atoms with van der Waals surface area (Å²) in [5, 5.41) is 0.827. The van der Waals surface area contributed by atoms with Crippen LogP contribution < -0.4 is 5.63 Å². The van der Waals surface area contributed by atoms with E-state index in [0.29, 0.717) is 11.1 Å². The maximum atomic E-state index is 12.6. The molecule has 3 rings (SSSR count). The molecule has 0 atom stereocenters. The molecule has 3 aromatic rings. The normalized spacial score (nSPS) is 10.8. The Balaban J connectivity index is 2.34. The Morgan fingerprint density at radius 2 is 1.76 bits per heavy atom. The quantitative estimate of drug-likeness (QED) is 0.530. The number of ether oxygens (including phenoxy) is 1. The first-order chi connectivity index (χ1) is 12.0. The molecule has 0 saturated carbocycles. The fourth-order valence-corrected chi connectivity index (χ4v) is 2.95. The van der Waals surface area contributed by atoms with Crippen molar-refractivity contribution in [2.24, 2.45) is 0 Å². The van der Waals surface area contributed by atoms with Gasteiger partial charge < -0.3 is 9.15 Å². The van der Waals surface area contributed by atoms with Crippen molar-refractivity contribution >= 4 is 16.9 Å². The summed E-state index contributed by atoms with van der Waals surface area (Å²) in [5.41, 5.74) is 4.13. The van der Waals surface area contributed by atoms with E-state index in [0.717, 1.165) is 27.6 Å². The van der Waals surface area contributed by atoms with E-state index >= 15 is 0 Å². The van der Waals surface area contributed by atoms with Crippen LogP contribution in [0.2, 0.25) is 0 Å². The third kappa shape index (κ3) is 3.33. The van der Waals surface area contributed by atoms with Gasteiger partial charge >= 0.3 is 11.6 Å². The highest BCUT2D eigenvalue weighted by molar-refractivity contribution is 5.97. The number of aryl methyl sites for hydroxylation is 2. The van der Waals surface area contributed by atoms with Gasteiger partial charge in [0.05, 0.1) is 18.6 Å². The van der Waals surface area contributed by atoms with Gasteiger partial charge in [-0.05, 0) is 49.6 Å². The van der Waals surface area contributed by atoms with Gasteiger partial charge in [0.25, 0.3) is 0 Å². The number of carbonyl (C=O) groups excluding carboxylic acids is 1. The fourth-order valence-electron chi connectivity index (χ4n) is 2.95. The number of esters is 1. The number of hydrogen-bond donors (Lipinski definition) is 0. The summed E-state index contributed by atoms with van der Waals surface area (Å²) in [6, 6.07) is 13.5. The highest BCUT2D eigenvalue weighted by Gasteiger charge is 2.20. The van der Waals surface area contributed by atoms with E-state index in [1.54, 1.807) is 6.92 Å². The molecule has 0 saturated heterocycles. The lowest BCUT2D eigenvalue weighted by Gasteiger charge is -2.13. The molecule has 0 spiro atoms. The Kier molecular flexibility index (Phi) is 4.70. The van der Waals surface area contributed by atoms with Gasteiger partial charge in [-0.2, -0.15) is 0 Å². The Bertz CT molecular complexity index is 984. The van der Waals surface area contributed by atoms with Crippen LogP contribution in [-0.4, -0.2) is 12.6 Å². The molecule has 0 aliphatic heterocycles. The zero-order valence-corrected chi connectivity index (χ0v) is 14.6. The molecule has 0 aliphatic rings. The molecular weight excluding hydrogens is 316 g/mol. The standard InChI is InChI=1S/C21H20O4/c1-4-24-19(22)12-17-20(15-8-6-5-7-9-15)16-10-13(2)14(3)11-18(16)25-21(17)23/h5-11H,4,12H2,1-3H3. The molecule has 0 N–H and O–H groups in total. The highest BCUT2D eigenvalue weighted by Crippen LogP contribution is 2.32. The summed E-state index contributed by atoms with van der Waals surface area (Å²) in [6.07, 6.45) is -0.108. The Morgan fingerprint density at radius 1 is 1.08 bits per heavy atom. The molecule has 0 aliphatic carbocycles. The summed E-state index contributed by atoms with van der Waals surface area (Å²) in [5.74, 6) is -0.435. The van der Waals surface area contributed by atoms with Crippen LogP contribution in [0, 0.1) is 13.8 Å². The van der Waals surface area contributed by atoms with Crippen molar-refractivity contribution in [2.45, 2.75) is 27.2 Å². The summed E-state index contributed by atoms with van der Waals surface area (Å²) in [7, 11) is 0. The van der Waals surface area contributed by atoms with Crippen LogP contribution in [-0.2, 0) is 16.0 Å². The van der Waals surface area contributed by atoms with Gasteiger partial charge in [-0.3, -0.25) is 4.79 Å². The number of benzene rings is 2. The first-order valence-electron chi connectivity index (χ1n) is 8.29. The van der Waals surface area contributed by atoms with Gasteiger partial charge in [-0.1, -0.05) is 30.3 Å². The molecule has 25 heavy (non-hydrogen) atoms. The minimum Gasteiger partial charge on any atom is -0.466 e. The summed E-state index contributed by atoms with van der Waals surface area (Å²) in [6.45, 7) is 6.00. The smallest absolute Gasteiger partial charge is 0.340 e. The summed E-state index contributed by atoms with van der Waals surface area (Å²) in [4.78, 5) is 24.6. The van der Waals surface area contributed by atoms with Crippen molar-refractivity contribution in [1.29, 1.82) is 0 Å². The van der Waals surface area contributed by atoms with Crippen molar-refractivity contribution in [3.05, 3.63) is 69.6 Å². The van der Waals surface area contributed by atoms with Crippen molar-refractivity contribution in [1.82, 2.24) is 0 Å². The third-order valence-corrected chi connectivity index (χ3v) is 4.30. The van der Waals surface area contributed by atoms with Crippen LogP contribution >= 0.6 is 0 Å². The first-order valence-corrected chi connectivity index (χ1v) is 8.29. The monoisotopic (exact) mass is 336 g/mol. The number of rotatable bonds is 4. The average Bonchev–Trinajstić information content (AvgIpc) is 2.58. The Morgan fingerprint density at radius 3 is 2.44 bits per heavy atom. The van der Waals surface area contributed by atoms with Crippen LogP contribution in [0.4, 0.5) is 0 Å². The van der Waals surface area contributed by atoms with E-state index in [1.165, 1.54) is 0 Å². The zero-order chi connectivity index (χ0) is 18.0. The molecule has 4 nitrogen and oxygen atoms in total. The molecule has 0 amide bonds. The molecule has 1 aromatic heterocycles. The van der Waals surface area contributed by atoms with Crippen molar-refractivity contribution in [3.63, 3.8) is 0 Å². The van der Waals surface area contributed by atoms with Gasteiger partial charge in [0.1, 0.15) is 5.58 Å². The second-order valence-corrected chi connectivity index (χ2v) is 6.02. The molecule has 1 heterocycles. The fraction of sp³-hybridized carbons (Fsp3) is 0.238. The second kappa shape index (κ2) is 6.93. The molecule has 2 aromatic carbocycles. The van der Waals surface area contributed by atoms with Crippen molar-refractivity contribution < 1.29 is 13.9 Å². The number of carbonyl (C=O) groups is 1. The lowest BCUT2D eigenvalue weighted by Crippen LogP contribution is -2.17. The summed E-state index contributed by atoms with van der Waals surface area (Å²) < 4.78 is 10.5. The van der Waals surface area contributed by atoms with Crippen LogP contribution in [0.15, 0.2) is 51.7 Å². The van der Waals surface area contributed by atoms with Gasteiger partial charge in [0.15, 0.2) is 0 Å². The molecule has 0 fully saturated rings. The van der Waals surface area contributed by atoms with Crippen molar-refractivity contribution in [2.75, 3.05) is 6.61 Å². The molecule has 128 valence electrons. The SMILES string of the molecule is CCOC(=O)Cc1c(-c2ccccc2)c2cc(C)c(C)cc2oc1=O. The molecule has 0 radical (unpaired) electrons. The lowest BCUT2D eigenvalue weighted by molar-refractivity contribution is -0.142. The minimum absolute atomic E-state index is 0.108. The van der Waals surface area contributed by atoms with E-state index in [-0.39, 0.29) is 13.0 Å². The third-order valence-electron chi connectivity index (χ3n) is 4.30. The maximum absolute atomic E-state index is 12.6. The Labute approximate surface area is 146 Å². The maximum Gasteiger partial charge on any atom is 0.340 e. The van der Waals surface area contributed by atoms with Gasteiger partial charge in [-0.15, -0.1) is 0 Å². The van der Waals surface area contributed by atoms with Crippen LogP contribution in [0.1, 0.15) is 23.6 Å². The highest BCUT2D eigenvalue weighted by atomic mass is 16.5. The minimum atomic E-state index is -0.498. The van der Waals surface area contributed by atoms with Gasteiger partial charge in [0, 0.05) is 10.9 Å². The predicted molar refractivity (Wildman–Crippen MR) is 97.7 cm³/mol. The number of hydrogen-bond acceptors (Lipinski definition) is 4. The average molecular weight is 336 g/mol. The Hall–Kier alpha value is -2.88. The van der Waals surface area contributed by atoms with Crippen molar-refractivity contribution in [3.8, 4) is 11.1 Å².